The van der Waals surface area contributed by atoms with Gasteiger partial charge in [-0.1, -0.05) is 6.08 Å². The summed E-state index contributed by atoms with van der Waals surface area (Å²) in [6.07, 6.45) is -15.7. The van der Waals surface area contributed by atoms with Crippen molar-refractivity contribution in [2.45, 2.75) is 85.8 Å². The number of hydrogen-bond donors (Lipinski definition) is 12. The summed E-state index contributed by atoms with van der Waals surface area (Å²) in [5, 5.41) is 113. The van der Waals surface area contributed by atoms with Gasteiger partial charge in [0.25, 0.3) is 0 Å². The van der Waals surface area contributed by atoms with Crippen LogP contribution in [0.1, 0.15) is 6.42 Å². The van der Waals surface area contributed by atoms with Crippen LogP contribution in [0.2, 0.25) is 0 Å². The molecule has 198 valence electrons. The molecule has 0 aromatic rings. The van der Waals surface area contributed by atoms with E-state index in [9.17, 15) is 56.2 Å². The number of rotatable bonds is 7. The number of ether oxygens (including phenoxy) is 2. The molecular weight excluding hydrogens is 462 g/mol. The van der Waals surface area contributed by atoms with Gasteiger partial charge in [0.2, 0.25) is 0 Å². The van der Waals surface area contributed by atoms with Crippen molar-refractivity contribution in [1.82, 2.24) is 5.32 Å². The van der Waals surface area contributed by atoms with E-state index in [1.807, 2.05) is 0 Å². The first kappa shape index (κ1) is 27.8. The Hall–Kier alpha value is -0.820. The molecule has 12 N–H and O–H groups in total. The Morgan fingerprint density at radius 1 is 0.794 bits per heavy atom. The zero-order valence-electron chi connectivity index (χ0n) is 18.2. The fourth-order valence-electron chi connectivity index (χ4n) is 4.77. The Balaban J connectivity index is 1.73. The molecule has 1 saturated carbocycles. The van der Waals surface area contributed by atoms with E-state index in [1.165, 1.54) is 6.08 Å². The predicted molar refractivity (Wildman–Crippen MR) is 110 cm³/mol. The second-order valence-corrected chi connectivity index (χ2v) is 9.08. The second kappa shape index (κ2) is 11.5. The van der Waals surface area contributed by atoms with Gasteiger partial charge < -0.3 is 71.0 Å². The van der Waals surface area contributed by atoms with Crippen LogP contribution < -0.4 is 5.32 Å². The average Bonchev–Trinajstić information content (AvgIpc) is 2.83. The molecule has 0 radical (unpaired) electrons. The van der Waals surface area contributed by atoms with Gasteiger partial charge >= 0.3 is 0 Å². The Morgan fingerprint density at radius 3 is 2.06 bits per heavy atom. The van der Waals surface area contributed by atoms with E-state index in [0.717, 1.165) is 0 Å². The van der Waals surface area contributed by atoms with Gasteiger partial charge in [-0.15, -0.1) is 0 Å². The summed E-state index contributed by atoms with van der Waals surface area (Å²) in [5.74, 6) is -0.833. The predicted octanol–water partition coefficient (Wildman–Crippen LogP) is -6.75. The lowest BCUT2D eigenvalue weighted by Crippen LogP contribution is -2.66. The van der Waals surface area contributed by atoms with Crippen molar-refractivity contribution in [3.8, 4) is 0 Å². The minimum atomic E-state index is -1.75. The molecule has 14 heteroatoms. The highest BCUT2D eigenvalue weighted by atomic mass is 16.7. The maximum absolute atomic E-state index is 10.7. The van der Waals surface area contributed by atoms with Gasteiger partial charge in [0.1, 0.15) is 48.8 Å². The zero-order valence-corrected chi connectivity index (χ0v) is 18.2. The first-order chi connectivity index (χ1) is 16.0. The fourth-order valence-corrected chi connectivity index (χ4v) is 4.77. The third-order valence-electron chi connectivity index (χ3n) is 6.90. The molecule has 3 aliphatic rings. The van der Waals surface area contributed by atoms with Crippen LogP contribution >= 0.6 is 0 Å². The smallest absolute Gasteiger partial charge is 0.187 e. The maximum Gasteiger partial charge on any atom is 0.187 e. The van der Waals surface area contributed by atoms with Crippen LogP contribution in [-0.2, 0) is 9.47 Å². The van der Waals surface area contributed by atoms with Crippen molar-refractivity contribution in [3.05, 3.63) is 11.6 Å². The second-order valence-electron chi connectivity index (χ2n) is 9.08. The molecule has 3 rings (SSSR count). The monoisotopic (exact) mass is 497 g/mol. The maximum atomic E-state index is 10.7. The number of aliphatic hydroxyl groups excluding tert-OH is 11. The van der Waals surface area contributed by atoms with E-state index in [-0.39, 0.29) is 12.0 Å². The van der Waals surface area contributed by atoms with Gasteiger partial charge in [0, 0.05) is 18.6 Å². The third-order valence-corrected chi connectivity index (χ3v) is 6.90. The van der Waals surface area contributed by atoms with Crippen LogP contribution in [0.4, 0.5) is 0 Å². The van der Waals surface area contributed by atoms with E-state index >= 15 is 0 Å². The molecule has 5 unspecified atom stereocenters. The molecule has 0 aromatic heterocycles. The molecule has 2 fully saturated rings. The SMILES string of the molecule is OCC1=C[C@H](N[C@H]2C[C@@H](CO)[C@@H](O[C@@H]3OC(CO)[C@@H](O)C(O)[C@@H]3O)C(O)C2O)[C@@H](O)C(O)[C@@H]1O. The molecule has 0 aromatic carbocycles. The van der Waals surface area contributed by atoms with E-state index in [4.69, 9.17) is 9.47 Å². The quantitative estimate of drug-likeness (QED) is 0.146. The molecule has 0 amide bonds. The Morgan fingerprint density at radius 2 is 1.47 bits per heavy atom. The lowest BCUT2D eigenvalue weighted by Gasteiger charge is -2.47. The van der Waals surface area contributed by atoms with Crippen molar-refractivity contribution in [2.75, 3.05) is 19.8 Å². The molecule has 1 saturated heterocycles. The number of aliphatic hydroxyl groups is 11. The van der Waals surface area contributed by atoms with Crippen LogP contribution in [-0.4, -0.2) is 155 Å². The Labute approximate surface area is 194 Å². The first-order valence-corrected chi connectivity index (χ1v) is 11.1. The lowest BCUT2D eigenvalue weighted by molar-refractivity contribution is -0.328. The number of hydrogen-bond acceptors (Lipinski definition) is 14. The fraction of sp³-hybridized carbons (Fsp3) is 0.900. The van der Waals surface area contributed by atoms with Gasteiger partial charge in [-0.2, -0.15) is 0 Å². The largest absolute Gasteiger partial charge is 0.396 e. The summed E-state index contributed by atoms with van der Waals surface area (Å²) >= 11 is 0. The molecule has 34 heavy (non-hydrogen) atoms. The van der Waals surface area contributed by atoms with E-state index in [0.29, 0.717) is 0 Å². The van der Waals surface area contributed by atoms with Crippen molar-refractivity contribution in [2.24, 2.45) is 5.92 Å². The molecular formula is C20H35NO13. The minimum absolute atomic E-state index is 0.0129. The van der Waals surface area contributed by atoms with Crippen molar-refractivity contribution in [3.63, 3.8) is 0 Å². The number of nitrogens with one attached hydrogen (secondary N) is 1. The van der Waals surface area contributed by atoms with Crippen LogP contribution in [0.25, 0.3) is 0 Å². The highest BCUT2D eigenvalue weighted by Crippen LogP contribution is 2.33. The molecule has 0 bridgehead atoms. The normalized spacial score (nSPS) is 50.1. The summed E-state index contributed by atoms with van der Waals surface area (Å²) in [7, 11) is 0. The highest BCUT2D eigenvalue weighted by Gasteiger charge is 2.50. The summed E-state index contributed by atoms with van der Waals surface area (Å²) < 4.78 is 10.9. The molecule has 14 atom stereocenters. The van der Waals surface area contributed by atoms with Crippen LogP contribution in [0, 0.1) is 5.92 Å². The van der Waals surface area contributed by atoms with Crippen LogP contribution in [0.3, 0.4) is 0 Å². The van der Waals surface area contributed by atoms with Crippen molar-refractivity contribution >= 4 is 0 Å². The van der Waals surface area contributed by atoms with E-state index in [2.05, 4.69) is 5.32 Å². The Kier molecular flexibility index (Phi) is 9.38. The standard InChI is InChI=1S/C20H35NO13/c22-3-6-1-8(12(26)15(29)11(6)25)21-9-2-7(4-23)19(17(31)13(9)27)34-20-18(32)16(30)14(28)10(5-24)33-20/h1,7-32H,2-5H2/t7-,8-,9-,10?,11+,12+,13?,14+,15?,16?,17?,18-,19+,20-/m0/s1. The topological polar surface area (TPSA) is 253 Å². The van der Waals surface area contributed by atoms with Gasteiger partial charge in [-0.3, -0.25) is 0 Å². The van der Waals surface area contributed by atoms with Gasteiger partial charge in [0.15, 0.2) is 6.29 Å². The van der Waals surface area contributed by atoms with Crippen LogP contribution in [0.5, 0.6) is 0 Å². The molecule has 0 spiro atoms. The third kappa shape index (κ3) is 5.30. The van der Waals surface area contributed by atoms with E-state index in [1.54, 1.807) is 0 Å². The highest BCUT2D eigenvalue weighted by molar-refractivity contribution is 5.22. The van der Waals surface area contributed by atoms with Crippen molar-refractivity contribution < 1.29 is 65.6 Å². The molecule has 2 aliphatic carbocycles. The van der Waals surface area contributed by atoms with E-state index < -0.39 is 105 Å². The molecule has 14 nitrogen and oxygen atoms in total. The lowest BCUT2D eigenvalue weighted by atomic mass is 9.78. The van der Waals surface area contributed by atoms with Gasteiger partial charge in [0.05, 0.1) is 31.5 Å². The average molecular weight is 497 g/mol. The summed E-state index contributed by atoms with van der Waals surface area (Å²) in [4.78, 5) is 0. The first-order valence-electron chi connectivity index (χ1n) is 11.1. The van der Waals surface area contributed by atoms with Gasteiger partial charge in [-0.05, 0) is 12.0 Å². The van der Waals surface area contributed by atoms with Crippen LogP contribution in [0.15, 0.2) is 11.6 Å². The van der Waals surface area contributed by atoms with Gasteiger partial charge in [-0.25, -0.2) is 0 Å². The summed E-state index contributed by atoms with van der Waals surface area (Å²) in [5.41, 5.74) is 0.0590. The minimum Gasteiger partial charge on any atom is -0.396 e. The summed E-state index contributed by atoms with van der Waals surface area (Å²) in [6, 6.07) is -1.94. The Bertz CT molecular complexity index is 693. The molecule has 1 heterocycles. The summed E-state index contributed by atoms with van der Waals surface area (Å²) in [6.45, 7) is -1.80. The van der Waals surface area contributed by atoms with Crippen molar-refractivity contribution in [1.29, 1.82) is 0 Å². The zero-order chi connectivity index (χ0) is 25.3. The molecule has 1 aliphatic heterocycles.